The van der Waals surface area contributed by atoms with Crippen molar-refractivity contribution in [1.29, 1.82) is 0 Å². The molecule has 166 valence electrons. The summed E-state index contributed by atoms with van der Waals surface area (Å²) in [7, 11) is 0. The van der Waals surface area contributed by atoms with Crippen LogP contribution in [0.15, 0.2) is 23.3 Å². The molecular formula is C20H27N7O4. The number of phenols is 1. The summed E-state index contributed by atoms with van der Waals surface area (Å²) >= 11 is 0. The lowest BCUT2D eigenvalue weighted by Gasteiger charge is -2.30. The lowest BCUT2D eigenvalue weighted by Crippen LogP contribution is -2.40. The van der Waals surface area contributed by atoms with Crippen LogP contribution in [0.5, 0.6) is 11.5 Å². The monoisotopic (exact) mass is 429 g/mol. The summed E-state index contributed by atoms with van der Waals surface area (Å²) in [5, 5.41) is 14.5. The second-order valence-electron chi connectivity index (χ2n) is 6.95. The molecule has 1 aromatic heterocycles. The zero-order valence-corrected chi connectivity index (χ0v) is 17.5. The fraction of sp³-hybridized carbons (Fsp3) is 0.500. The van der Waals surface area contributed by atoms with Gasteiger partial charge in [-0.3, -0.25) is 0 Å². The summed E-state index contributed by atoms with van der Waals surface area (Å²) in [4.78, 5) is 17.9. The van der Waals surface area contributed by atoms with E-state index in [1.54, 1.807) is 18.2 Å². The highest BCUT2D eigenvalue weighted by Gasteiger charge is 2.20. The molecule has 1 aromatic carbocycles. The van der Waals surface area contributed by atoms with Crippen LogP contribution >= 0.6 is 0 Å². The van der Waals surface area contributed by atoms with Gasteiger partial charge in [-0.15, -0.1) is 0 Å². The molecule has 2 aliphatic heterocycles. The molecule has 2 saturated heterocycles. The Morgan fingerprint density at radius 2 is 1.65 bits per heavy atom. The van der Waals surface area contributed by atoms with E-state index in [0.29, 0.717) is 88.4 Å². The third-order valence-corrected chi connectivity index (χ3v) is 4.90. The van der Waals surface area contributed by atoms with E-state index in [-0.39, 0.29) is 5.75 Å². The summed E-state index contributed by atoms with van der Waals surface area (Å²) < 4.78 is 16.3. The highest BCUT2D eigenvalue weighted by Crippen LogP contribution is 2.28. The van der Waals surface area contributed by atoms with Crippen molar-refractivity contribution >= 4 is 24.1 Å². The van der Waals surface area contributed by atoms with Crippen molar-refractivity contribution in [3.05, 3.63) is 23.8 Å². The van der Waals surface area contributed by atoms with Gasteiger partial charge in [0.2, 0.25) is 17.8 Å². The molecule has 2 aromatic rings. The Hall–Kier alpha value is -3.18. The molecule has 2 fully saturated rings. The number of para-hydroxylation sites is 1. The number of ether oxygens (including phenoxy) is 3. The second-order valence-corrected chi connectivity index (χ2v) is 6.95. The highest BCUT2D eigenvalue weighted by molar-refractivity contribution is 5.85. The number of hydrogen-bond acceptors (Lipinski definition) is 11. The number of phenolic OH excluding ortho intramolecular Hbond substituents is 1. The summed E-state index contributed by atoms with van der Waals surface area (Å²) in [5.41, 5.74) is 3.39. The average molecular weight is 429 g/mol. The fourth-order valence-corrected chi connectivity index (χ4v) is 3.29. The highest BCUT2D eigenvalue weighted by atomic mass is 16.5. The Labute approximate surface area is 180 Å². The van der Waals surface area contributed by atoms with Crippen LogP contribution in [0.4, 0.5) is 17.8 Å². The third kappa shape index (κ3) is 5.30. The number of hydrazone groups is 1. The van der Waals surface area contributed by atoms with Gasteiger partial charge in [-0.2, -0.15) is 20.1 Å². The maximum Gasteiger partial charge on any atom is 0.250 e. The Kier molecular flexibility index (Phi) is 6.95. The van der Waals surface area contributed by atoms with Crippen LogP contribution in [0.2, 0.25) is 0 Å². The Bertz CT molecular complexity index is 863. The van der Waals surface area contributed by atoms with Gasteiger partial charge in [-0.25, -0.2) is 5.43 Å². The van der Waals surface area contributed by atoms with Crippen molar-refractivity contribution < 1.29 is 19.3 Å². The van der Waals surface area contributed by atoms with Gasteiger partial charge in [-0.05, 0) is 19.1 Å². The molecule has 0 atom stereocenters. The van der Waals surface area contributed by atoms with E-state index in [4.69, 9.17) is 14.2 Å². The molecule has 11 nitrogen and oxygen atoms in total. The Morgan fingerprint density at radius 3 is 2.23 bits per heavy atom. The molecule has 3 heterocycles. The van der Waals surface area contributed by atoms with Gasteiger partial charge in [0.1, 0.15) is 0 Å². The quantitative estimate of drug-likeness (QED) is 0.489. The smallest absolute Gasteiger partial charge is 0.250 e. The van der Waals surface area contributed by atoms with Gasteiger partial charge < -0.3 is 29.1 Å². The molecule has 0 spiro atoms. The predicted molar refractivity (Wildman–Crippen MR) is 116 cm³/mol. The third-order valence-electron chi connectivity index (χ3n) is 4.90. The van der Waals surface area contributed by atoms with Crippen molar-refractivity contribution in [2.24, 2.45) is 5.10 Å². The van der Waals surface area contributed by atoms with Crippen LogP contribution in [0.25, 0.3) is 0 Å². The van der Waals surface area contributed by atoms with Crippen molar-refractivity contribution in [2.45, 2.75) is 6.92 Å². The molecule has 11 heteroatoms. The maximum absolute atomic E-state index is 10.3. The first-order valence-corrected chi connectivity index (χ1v) is 10.4. The standard InChI is InChI=1S/C20H27N7O4/c1-2-31-16-5-3-4-15(17(16)28)14-21-25-18-22-19(26-6-10-29-11-7-26)24-20(23-18)27-8-12-30-13-9-27/h3-5,14,28H,2,6-13H2,1H3,(H,22,23,24,25)/b21-14+. The van der Waals surface area contributed by atoms with Crippen LogP contribution in [0.1, 0.15) is 12.5 Å². The molecule has 31 heavy (non-hydrogen) atoms. The summed E-state index contributed by atoms with van der Waals surface area (Å²) in [5.74, 6) is 1.94. The number of benzene rings is 1. The predicted octanol–water partition coefficient (Wildman–Crippen LogP) is 1.10. The molecule has 2 aliphatic rings. The summed E-state index contributed by atoms with van der Waals surface area (Å²) in [6.45, 7) is 7.72. The van der Waals surface area contributed by atoms with E-state index < -0.39 is 0 Å². The zero-order valence-electron chi connectivity index (χ0n) is 17.5. The SMILES string of the molecule is CCOc1cccc(/C=N/Nc2nc(N3CCOCC3)nc(N3CCOCC3)n2)c1O. The van der Waals surface area contributed by atoms with Crippen molar-refractivity contribution in [3.8, 4) is 11.5 Å². The van der Waals surface area contributed by atoms with E-state index in [1.165, 1.54) is 6.21 Å². The van der Waals surface area contributed by atoms with Gasteiger partial charge in [0.05, 0.1) is 39.2 Å². The normalized spacial score (nSPS) is 17.2. The van der Waals surface area contributed by atoms with Gasteiger partial charge in [0, 0.05) is 31.7 Å². The van der Waals surface area contributed by atoms with Crippen LogP contribution in [-0.2, 0) is 9.47 Å². The second kappa shape index (κ2) is 10.2. The molecular weight excluding hydrogens is 402 g/mol. The van der Waals surface area contributed by atoms with E-state index >= 15 is 0 Å². The number of nitrogens with one attached hydrogen (secondary N) is 1. The van der Waals surface area contributed by atoms with Crippen molar-refractivity contribution in [2.75, 3.05) is 74.4 Å². The lowest BCUT2D eigenvalue weighted by atomic mass is 10.2. The lowest BCUT2D eigenvalue weighted by molar-refractivity contribution is 0.121. The first-order chi connectivity index (χ1) is 15.2. The minimum Gasteiger partial charge on any atom is -0.504 e. The van der Waals surface area contributed by atoms with E-state index in [1.807, 2.05) is 6.92 Å². The van der Waals surface area contributed by atoms with Gasteiger partial charge >= 0.3 is 0 Å². The van der Waals surface area contributed by atoms with Gasteiger partial charge in [0.15, 0.2) is 11.5 Å². The number of aromatic nitrogens is 3. The van der Waals surface area contributed by atoms with Gasteiger partial charge in [0.25, 0.3) is 0 Å². The number of hydrogen-bond donors (Lipinski definition) is 2. The molecule has 0 amide bonds. The minimum atomic E-state index is 0.0357. The first kappa shape index (κ1) is 21.1. The molecule has 0 bridgehead atoms. The van der Waals surface area contributed by atoms with Crippen molar-refractivity contribution in [1.82, 2.24) is 15.0 Å². The molecule has 0 saturated carbocycles. The number of morpholine rings is 2. The fourth-order valence-electron chi connectivity index (χ4n) is 3.29. The van der Waals surface area contributed by atoms with E-state index in [2.05, 4.69) is 35.3 Å². The average Bonchev–Trinajstić information content (AvgIpc) is 2.82. The largest absolute Gasteiger partial charge is 0.504 e. The molecule has 2 N–H and O–H groups in total. The Balaban J connectivity index is 1.55. The summed E-state index contributed by atoms with van der Waals surface area (Å²) in [6.07, 6.45) is 1.50. The van der Waals surface area contributed by atoms with Crippen LogP contribution in [0.3, 0.4) is 0 Å². The molecule has 0 radical (unpaired) electrons. The van der Waals surface area contributed by atoms with Crippen LogP contribution in [-0.4, -0.2) is 85.5 Å². The van der Waals surface area contributed by atoms with Crippen LogP contribution in [0, 0.1) is 0 Å². The Morgan fingerprint density at radius 1 is 1.03 bits per heavy atom. The number of anilines is 3. The number of nitrogens with zero attached hydrogens (tertiary/aromatic N) is 6. The zero-order chi connectivity index (χ0) is 21.5. The topological polar surface area (TPSA) is 117 Å². The van der Waals surface area contributed by atoms with Crippen LogP contribution < -0.4 is 20.0 Å². The summed E-state index contributed by atoms with van der Waals surface area (Å²) in [6, 6.07) is 5.25. The minimum absolute atomic E-state index is 0.0357. The molecule has 0 unspecified atom stereocenters. The first-order valence-electron chi connectivity index (χ1n) is 10.4. The maximum atomic E-state index is 10.3. The number of aromatic hydroxyl groups is 1. The van der Waals surface area contributed by atoms with Crippen molar-refractivity contribution in [3.63, 3.8) is 0 Å². The molecule has 4 rings (SSSR count). The molecule has 0 aliphatic carbocycles. The van der Waals surface area contributed by atoms with Gasteiger partial charge in [-0.1, -0.05) is 6.07 Å². The van der Waals surface area contributed by atoms with E-state index in [0.717, 1.165) is 0 Å². The van der Waals surface area contributed by atoms with E-state index in [9.17, 15) is 5.11 Å². The number of rotatable bonds is 7.